The van der Waals surface area contributed by atoms with E-state index in [1.165, 1.54) is 0 Å². The van der Waals surface area contributed by atoms with Crippen molar-refractivity contribution >= 4 is 17.7 Å². The van der Waals surface area contributed by atoms with Gasteiger partial charge in [0.05, 0.1) is 18.6 Å². The van der Waals surface area contributed by atoms with Crippen molar-refractivity contribution in [1.29, 1.82) is 0 Å². The fraction of sp³-hybridized carbons (Fsp3) is 0.885. The van der Waals surface area contributed by atoms with E-state index < -0.39 is 12.5 Å². The number of nitrogens with one attached hydrogen (secondary N) is 1. The summed E-state index contributed by atoms with van der Waals surface area (Å²) in [5.41, 5.74) is 0.358. The van der Waals surface area contributed by atoms with Gasteiger partial charge in [0.15, 0.2) is 0 Å². The number of carbonyl (C=O) groups excluding carboxylic acids is 3. The molecule has 0 aromatic carbocycles. The van der Waals surface area contributed by atoms with E-state index in [1.807, 2.05) is 0 Å². The van der Waals surface area contributed by atoms with E-state index in [2.05, 4.69) is 26.1 Å². The maximum Gasteiger partial charge on any atom is 1.00 e. The van der Waals surface area contributed by atoms with Crippen molar-refractivity contribution < 1.29 is 54.2 Å². The first-order chi connectivity index (χ1) is 15.1. The van der Waals surface area contributed by atoms with E-state index in [4.69, 9.17) is 0 Å². The Hall–Kier alpha value is -0.430. The second-order valence-electron chi connectivity index (χ2n) is 11.9. The number of carboxylic acids is 1. The first-order valence-corrected chi connectivity index (χ1v) is 12.7. The SMILES string of the molecule is C[C@H](CCC(=O)NCC(=O)[O-])C1CC[C@H]2[C@@H]3[C@H](O)C[C@@H]4CC(=O)CC[C@]4(C)[C@H]3CC[C@]12C.[Na+]. The second-order valence-corrected chi connectivity index (χ2v) is 11.9. The number of amides is 1. The summed E-state index contributed by atoms with van der Waals surface area (Å²) >= 11 is 0. The van der Waals surface area contributed by atoms with Crippen molar-refractivity contribution in [2.45, 2.75) is 91.1 Å². The summed E-state index contributed by atoms with van der Waals surface area (Å²) in [7, 11) is 0. The molecule has 7 heteroatoms. The number of ketones is 1. The fourth-order valence-corrected chi connectivity index (χ4v) is 8.81. The Morgan fingerprint density at radius 2 is 1.85 bits per heavy atom. The Bertz CT molecular complexity index is 774. The standard InChI is InChI=1S/C26H41NO5.Na/c1-15(4-7-22(30)27-14-23(31)32)18-5-6-19-24-20(9-11-26(18,19)3)25(2)10-8-17(28)12-16(25)13-21(24)29;/h15-16,18-21,24,29H,4-14H2,1-3H3,(H,27,30)(H,31,32);/q;+1/p-1/t15-,16+,18?,19+,20+,21-,24+,25+,26-;/m1./s1. The Morgan fingerprint density at radius 3 is 2.55 bits per heavy atom. The van der Waals surface area contributed by atoms with Gasteiger partial charge in [0.1, 0.15) is 5.78 Å². The minimum Gasteiger partial charge on any atom is -0.548 e. The molecule has 0 spiro atoms. The van der Waals surface area contributed by atoms with Crippen LogP contribution in [0.25, 0.3) is 0 Å². The summed E-state index contributed by atoms with van der Waals surface area (Å²) in [6.45, 7) is 6.63. The number of carbonyl (C=O) groups is 3. The van der Waals surface area contributed by atoms with Gasteiger partial charge in [-0.2, -0.15) is 0 Å². The monoisotopic (exact) mass is 469 g/mol. The zero-order chi connectivity index (χ0) is 23.3. The number of rotatable bonds is 6. The topological polar surface area (TPSA) is 107 Å². The number of hydrogen-bond acceptors (Lipinski definition) is 5. The quantitative estimate of drug-likeness (QED) is 0.509. The van der Waals surface area contributed by atoms with E-state index in [-0.39, 0.29) is 52.4 Å². The molecule has 4 aliphatic carbocycles. The number of hydrogen-bond donors (Lipinski definition) is 2. The Balaban J connectivity index is 0.00000306. The van der Waals surface area contributed by atoms with Crippen molar-refractivity contribution in [2.24, 2.45) is 46.3 Å². The molecular weight excluding hydrogens is 429 g/mol. The minimum atomic E-state index is -1.27. The molecule has 4 rings (SSSR count). The van der Waals surface area contributed by atoms with Gasteiger partial charge in [0.2, 0.25) is 5.91 Å². The van der Waals surface area contributed by atoms with Crippen LogP contribution >= 0.6 is 0 Å². The molecule has 4 aliphatic rings. The number of aliphatic carboxylic acids is 1. The molecule has 9 atom stereocenters. The van der Waals surface area contributed by atoms with Crippen molar-refractivity contribution in [3.8, 4) is 0 Å². The largest absolute Gasteiger partial charge is 1.00 e. The first-order valence-electron chi connectivity index (χ1n) is 12.7. The summed E-state index contributed by atoms with van der Waals surface area (Å²) in [5.74, 6) is 1.46. The van der Waals surface area contributed by atoms with Crippen LogP contribution < -0.4 is 40.0 Å². The predicted octanol–water partition coefficient (Wildman–Crippen LogP) is -0.528. The van der Waals surface area contributed by atoms with Crippen LogP contribution in [0.2, 0.25) is 0 Å². The van der Waals surface area contributed by atoms with E-state index in [9.17, 15) is 24.6 Å². The van der Waals surface area contributed by atoms with E-state index >= 15 is 0 Å². The Morgan fingerprint density at radius 1 is 1.15 bits per heavy atom. The molecule has 0 saturated heterocycles. The number of aliphatic hydroxyl groups excluding tert-OH is 1. The summed E-state index contributed by atoms with van der Waals surface area (Å²) < 4.78 is 0. The molecule has 180 valence electrons. The molecule has 4 fully saturated rings. The molecule has 33 heavy (non-hydrogen) atoms. The van der Waals surface area contributed by atoms with Crippen LogP contribution in [0.15, 0.2) is 0 Å². The van der Waals surface area contributed by atoms with Crippen molar-refractivity contribution in [2.75, 3.05) is 6.54 Å². The molecule has 2 N–H and O–H groups in total. The summed E-state index contributed by atoms with van der Waals surface area (Å²) in [6, 6.07) is 0. The maximum absolute atomic E-state index is 12.1. The molecule has 0 aromatic rings. The van der Waals surface area contributed by atoms with Gasteiger partial charge < -0.3 is 20.3 Å². The maximum atomic E-state index is 12.1. The first kappa shape index (κ1) is 27.2. The zero-order valence-electron chi connectivity index (χ0n) is 20.9. The molecule has 6 nitrogen and oxygen atoms in total. The normalized spacial score (nSPS) is 42.8. The van der Waals surface area contributed by atoms with Crippen LogP contribution in [0.4, 0.5) is 0 Å². The Kier molecular flexibility index (Phi) is 8.46. The molecule has 4 saturated carbocycles. The number of Topliss-reactive ketones (excluding diaryl/α,β-unsaturated/α-hetero) is 1. The molecule has 0 radical (unpaired) electrons. The van der Waals surface area contributed by atoms with Gasteiger partial charge >= 0.3 is 29.6 Å². The second kappa shape index (κ2) is 10.3. The molecule has 0 aromatic heterocycles. The van der Waals surface area contributed by atoms with Gasteiger partial charge in [-0.15, -0.1) is 0 Å². The molecule has 0 bridgehead atoms. The van der Waals surface area contributed by atoms with Crippen molar-refractivity contribution in [1.82, 2.24) is 5.32 Å². The summed E-state index contributed by atoms with van der Waals surface area (Å²) in [6.07, 6.45) is 8.46. The van der Waals surface area contributed by atoms with Gasteiger partial charge in [-0.3, -0.25) is 9.59 Å². The molecule has 0 aliphatic heterocycles. The van der Waals surface area contributed by atoms with Gasteiger partial charge in [-0.05, 0) is 91.3 Å². The third-order valence-electron chi connectivity index (χ3n) is 10.5. The number of fused-ring (bicyclic) bond motifs is 5. The average Bonchev–Trinajstić information content (AvgIpc) is 3.09. The van der Waals surface area contributed by atoms with Crippen LogP contribution in [-0.4, -0.2) is 35.4 Å². The van der Waals surface area contributed by atoms with Crippen LogP contribution in [0.3, 0.4) is 0 Å². The van der Waals surface area contributed by atoms with E-state index in [0.717, 1.165) is 44.9 Å². The summed E-state index contributed by atoms with van der Waals surface area (Å²) in [5, 5.41) is 24.3. The van der Waals surface area contributed by atoms with Gasteiger partial charge in [0.25, 0.3) is 0 Å². The number of carboxylic acid groups (broad SMARTS) is 1. The van der Waals surface area contributed by atoms with E-state index in [1.54, 1.807) is 0 Å². The molecule has 0 heterocycles. The van der Waals surface area contributed by atoms with Gasteiger partial charge in [-0.1, -0.05) is 20.8 Å². The summed E-state index contributed by atoms with van der Waals surface area (Å²) in [4.78, 5) is 34.7. The van der Waals surface area contributed by atoms with Gasteiger partial charge in [0, 0.05) is 19.3 Å². The number of aliphatic hydroxyl groups is 1. The van der Waals surface area contributed by atoms with Crippen LogP contribution in [-0.2, 0) is 14.4 Å². The minimum absolute atomic E-state index is 0. The predicted molar refractivity (Wildman–Crippen MR) is 118 cm³/mol. The molecule has 1 amide bonds. The third kappa shape index (κ3) is 4.96. The smallest absolute Gasteiger partial charge is 0.548 e. The fourth-order valence-electron chi connectivity index (χ4n) is 8.81. The molecule has 1 unspecified atom stereocenters. The molecular formula is C26H40NNaO5. The van der Waals surface area contributed by atoms with Crippen LogP contribution in [0, 0.1) is 46.3 Å². The van der Waals surface area contributed by atoms with Crippen molar-refractivity contribution in [3.05, 3.63) is 0 Å². The van der Waals surface area contributed by atoms with Gasteiger partial charge in [-0.25, -0.2) is 0 Å². The van der Waals surface area contributed by atoms with Crippen LogP contribution in [0.1, 0.15) is 85.0 Å². The average molecular weight is 470 g/mol. The van der Waals surface area contributed by atoms with E-state index in [0.29, 0.717) is 60.6 Å². The Labute approximate surface area is 220 Å². The van der Waals surface area contributed by atoms with Crippen molar-refractivity contribution in [3.63, 3.8) is 0 Å². The van der Waals surface area contributed by atoms with Crippen LogP contribution in [0.5, 0.6) is 0 Å². The zero-order valence-corrected chi connectivity index (χ0v) is 22.9. The third-order valence-corrected chi connectivity index (χ3v) is 10.5.